The van der Waals surface area contributed by atoms with Crippen molar-refractivity contribution in [2.75, 3.05) is 0 Å². The molecule has 0 bridgehead atoms. The normalized spacial score (nSPS) is 11.8. The van der Waals surface area contributed by atoms with Crippen LogP contribution in [0.15, 0.2) is 48.8 Å². The minimum absolute atomic E-state index is 0.0438. The maximum Gasteiger partial charge on any atom is 0.336 e. The Morgan fingerprint density at radius 2 is 2.04 bits per heavy atom. The first-order chi connectivity index (χ1) is 13.3. The van der Waals surface area contributed by atoms with E-state index in [1.807, 2.05) is 24.4 Å². The van der Waals surface area contributed by atoms with Crippen LogP contribution in [0.25, 0.3) is 21.2 Å². The smallest absolute Gasteiger partial charge is 0.336 e. The molecule has 0 unspecified atom stereocenters. The summed E-state index contributed by atoms with van der Waals surface area (Å²) in [5.74, 6) is 0.902. The second kappa shape index (κ2) is 7.22. The molecule has 0 radical (unpaired) electrons. The van der Waals surface area contributed by atoms with Crippen molar-refractivity contribution >= 4 is 44.3 Å². The Balaban J connectivity index is 1.78. The molecule has 0 fully saturated rings. The van der Waals surface area contributed by atoms with Gasteiger partial charge in [-0.05, 0) is 53.1 Å². The molecule has 144 valence electrons. The summed E-state index contributed by atoms with van der Waals surface area (Å²) in [5, 5.41) is 3.44. The molecular formula is C21H20N2O3S2. The Hall–Kier alpha value is -2.38. The minimum atomic E-state index is -0.366. The van der Waals surface area contributed by atoms with E-state index in [9.17, 15) is 9.59 Å². The Morgan fingerprint density at radius 3 is 2.79 bits per heavy atom. The summed E-state index contributed by atoms with van der Waals surface area (Å²) in [6, 6.07) is 7.44. The number of rotatable bonds is 4. The number of hydrogen-bond acceptors (Lipinski definition) is 6. The maximum absolute atomic E-state index is 12.5. The second-order valence-corrected chi connectivity index (χ2v) is 8.99. The van der Waals surface area contributed by atoms with E-state index < -0.39 is 0 Å². The van der Waals surface area contributed by atoms with Crippen LogP contribution in [-0.2, 0) is 12.8 Å². The number of thiophene rings is 1. The number of benzene rings is 1. The highest BCUT2D eigenvalue weighted by atomic mass is 32.2. The molecule has 5 nitrogen and oxygen atoms in total. The summed E-state index contributed by atoms with van der Waals surface area (Å²) in [6.07, 6.45) is 0. The molecule has 0 amide bonds. The van der Waals surface area contributed by atoms with E-state index >= 15 is 0 Å². The number of aryl methyl sites for hydroxylation is 1. The maximum atomic E-state index is 12.5. The fourth-order valence-electron chi connectivity index (χ4n) is 3.37. The van der Waals surface area contributed by atoms with Gasteiger partial charge in [-0.25, -0.2) is 9.78 Å². The summed E-state index contributed by atoms with van der Waals surface area (Å²) in [7, 11) is 1.73. The third-order valence-electron chi connectivity index (χ3n) is 4.84. The van der Waals surface area contributed by atoms with E-state index in [0.29, 0.717) is 32.6 Å². The first-order valence-corrected chi connectivity index (χ1v) is 10.9. The van der Waals surface area contributed by atoms with E-state index in [4.69, 9.17) is 4.42 Å². The lowest BCUT2D eigenvalue weighted by atomic mass is 9.95. The highest BCUT2D eigenvalue weighted by Gasteiger charge is 2.14. The molecule has 0 aliphatic carbocycles. The van der Waals surface area contributed by atoms with Crippen molar-refractivity contribution in [2.24, 2.45) is 7.05 Å². The third kappa shape index (κ3) is 3.29. The Bertz CT molecular complexity index is 1320. The van der Waals surface area contributed by atoms with Crippen LogP contribution in [-0.4, -0.2) is 9.55 Å². The molecule has 3 heterocycles. The fourth-order valence-corrected chi connectivity index (χ4v) is 5.14. The van der Waals surface area contributed by atoms with Gasteiger partial charge >= 0.3 is 5.63 Å². The molecule has 0 spiro atoms. The number of thioether (sulfide) groups is 1. The number of hydrogen-bond donors (Lipinski definition) is 0. The molecule has 0 saturated heterocycles. The van der Waals surface area contributed by atoms with Crippen molar-refractivity contribution in [2.45, 2.75) is 37.6 Å². The zero-order chi connectivity index (χ0) is 20.0. The van der Waals surface area contributed by atoms with Gasteiger partial charge in [-0.1, -0.05) is 25.6 Å². The molecule has 1 aromatic carbocycles. The zero-order valence-electron chi connectivity index (χ0n) is 16.1. The zero-order valence-corrected chi connectivity index (χ0v) is 17.7. The summed E-state index contributed by atoms with van der Waals surface area (Å²) in [6.45, 7) is 6.33. The quantitative estimate of drug-likeness (QED) is 0.273. The second-order valence-electron chi connectivity index (χ2n) is 7.13. The third-order valence-corrected chi connectivity index (χ3v) is 6.81. The summed E-state index contributed by atoms with van der Waals surface area (Å²) in [4.78, 5) is 29.2. The highest BCUT2D eigenvalue weighted by Crippen LogP contribution is 2.30. The van der Waals surface area contributed by atoms with Crippen LogP contribution in [0, 0.1) is 6.92 Å². The average molecular weight is 413 g/mol. The lowest BCUT2D eigenvalue weighted by Gasteiger charge is -2.13. The molecule has 0 N–H and O–H groups in total. The van der Waals surface area contributed by atoms with Gasteiger partial charge in [-0.2, -0.15) is 0 Å². The van der Waals surface area contributed by atoms with E-state index in [0.717, 1.165) is 16.5 Å². The van der Waals surface area contributed by atoms with Gasteiger partial charge in [-0.15, -0.1) is 11.3 Å². The molecule has 7 heteroatoms. The van der Waals surface area contributed by atoms with Crippen LogP contribution < -0.4 is 11.2 Å². The van der Waals surface area contributed by atoms with Gasteiger partial charge in [0.2, 0.25) is 0 Å². The Kier molecular flexibility index (Phi) is 4.89. The molecule has 4 rings (SSSR count). The van der Waals surface area contributed by atoms with Crippen LogP contribution in [0.2, 0.25) is 0 Å². The van der Waals surface area contributed by atoms with Gasteiger partial charge in [0.15, 0.2) is 5.16 Å². The summed E-state index contributed by atoms with van der Waals surface area (Å²) < 4.78 is 7.66. The number of aromatic nitrogens is 2. The molecule has 0 aliphatic rings. The monoisotopic (exact) mass is 412 g/mol. The summed E-state index contributed by atoms with van der Waals surface area (Å²) in [5.41, 5.74) is 4.14. The van der Waals surface area contributed by atoms with E-state index in [-0.39, 0.29) is 11.2 Å². The van der Waals surface area contributed by atoms with Gasteiger partial charge in [0.25, 0.3) is 5.56 Å². The van der Waals surface area contributed by atoms with Crippen LogP contribution in [0.4, 0.5) is 0 Å². The van der Waals surface area contributed by atoms with Crippen molar-refractivity contribution in [1.82, 2.24) is 9.55 Å². The fraction of sp³-hybridized carbons (Fsp3) is 0.286. The molecule has 4 aromatic rings. The van der Waals surface area contributed by atoms with Gasteiger partial charge in [0.05, 0.1) is 5.52 Å². The van der Waals surface area contributed by atoms with Gasteiger partial charge in [-0.3, -0.25) is 9.36 Å². The predicted octanol–water partition coefficient (Wildman–Crippen LogP) is 4.83. The first-order valence-electron chi connectivity index (χ1n) is 8.99. The molecule has 3 aromatic heterocycles. The minimum Gasteiger partial charge on any atom is -0.423 e. The van der Waals surface area contributed by atoms with E-state index in [2.05, 4.69) is 24.9 Å². The van der Waals surface area contributed by atoms with Crippen LogP contribution >= 0.6 is 23.1 Å². The van der Waals surface area contributed by atoms with Gasteiger partial charge in [0, 0.05) is 24.3 Å². The Morgan fingerprint density at radius 1 is 1.25 bits per heavy atom. The molecule has 0 aliphatic heterocycles. The SMILES string of the molecule is Cc1cc2oc(=O)cc(CSc3nc4ccsc4c(=O)n3C)c2cc1C(C)C. The number of nitrogens with zero attached hydrogens (tertiary/aromatic N) is 2. The van der Waals surface area contributed by atoms with Crippen LogP contribution in [0.5, 0.6) is 0 Å². The van der Waals surface area contributed by atoms with Crippen LogP contribution in [0.3, 0.4) is 0 Å². The lowest BCUT2D eigenvalue weighted by Crippen LogP contribution is -2.18. The van der Waals surface area contributed by atoms with Crippen molar-refractivity contribution in [3.63, 3.8) is 0 Å². The lowest BCUT2D eigenvalue weighted by molar-refractivity contribution is 0.559. The Labute approximate surface area is 170 Å². The van der Waals surface area contributed by atoms with E-state index in [1.54, 1.807) is 11.6 Å². The number of fused-ring (bicyclic) bond motifs is 2. The highest BCUT2D eigenvalue weighted by molar-refractivity contribution is 7.98. The topological polar surface area (TPSA) is 65.1 Å². The molecule has 28 heavy (non-hydrogen) atoms. The van der Waals surface area contributed by atoms with Crippen molar-refractivity contribution in [1.29, 1.82) is 0 Å². The van der Waals surface area contributed by atoms with Gasteiger partial charge < -0.3 is 4.42 Å². The summed E-state index contributed by atoms with van der Waals surface area (Å²) >= 11 is 2.85. The van der Waals surface area contributed by atoms with Crippen molar-refractivity contribution in [3.05, 3.63) is 67.1 Å². The largest absolute Gasteiger partial charge is 0.423 e. The van der Waals surface area contributed by atoms with E-state index in [1.165, 1.54) is 34.7 Å². The molecular weight excluding hydrogens is 392 g/mol. The van der Waals surface area contributed by atoms with Crippen molar-refractivity contribution in [3.8, 4) is 0 Å². The first kappa shape index (κ1) is 19.0. The van der Waals surface area contributed by atoms with Crippen molar-refractivity contribution < 1.29 is 4.42 Å². The standard InChI is InChI=1S/C21H20N2O3S2/c1-11(2)14-9-15-13(8-18(24)26-17(15)7-12(14)3)10-28-21-22-16-5-6-27-19(16)20(25)23(21)4/h5-9,11H,10H2,1-4H3. The van der Waals surface area contributed by atoms with Crippen LogP contribution in [0.1, 0.15) is 36.5 Å². The molecule has 0 atom stereocenters. The average Bonchev–Trinajstić information content (AvgIpc) is 3.11. The predicted molar refractivity (Wildman–Crippen MR) is 116 cm³/mol. The van der Waals surface area contributed by atoms with Gasteiger partial charge in [0.1, 0.15) is 10.3 Å². The molecule has 0 saturated carbocycles.